The van der Waals surface area contributed by atoms with Gasteiger partial charge in [-0.1, -0.05) is 6.42 Å². The van der Waals surface area contributed by atoms with Gasteiger partial charge in [0, 0.05) is 19.0 Å². The molecule has 3 nitrogen and oxygen atoms in total. The number of amides is 1. The molecule has 0 spiro atoms. The van der Waals surface area contributed by atoms with E-state index in [1.807, 2.05) is 0 Å². The number of hydrogen-bond donors (Lipinski definition) is 1. The maximum Gasteiger partial charge on any atom is 0.389 e. The van der Waals surface area contributed by atoms with Crippen molar-refractivity contribution in [3.63, 3.8) is 0 Å². The Kier molecular flexibility index (Phi) is 5.91. The minimum atomic E-state index is -4.25. The van der Waals surface area contributed by atoms with E-state index in [1.54, 1.807) is 0 Å². The number of piperidine rings is 1. The Morgan fingerprint density at radius 3 is 2.72 bits per heavy atom. The van der Waals surface area contributed by atoms with E-state index in [0.717, 1.165) is 19.4 Å². The van der Waals surface area contributed by atoms with Crippen LogP contribution in [0.3, 0.4) is 0 Å². The highest BCUT2D eigenvalue weighted by Gasteiger charge is 2.27. The smallest absolute Gasteiger partial charge is 0.356 e. The van der Waals surface area contributed by atoms with Gasteiger partial charge in [0.1, 0.15) is 0 Å². The quantitative estimate of drug-likeness (QED) is 0.828. The van der Waals surface area contributed by atoms with Crippen LogP contribution in [0.25, 0.3) is 0 Å². The fourth-order valence-electron chi connectivity index (χ4n) is 2.23. The second-order valence-electron chi connectivity index (χ2n) is 4.88. The summed E-state index contributed by atoms with van der Waals surface area (Å²) >= 11 is 0. The Hall–Kier alpha value is -0.780. The second kappa shape index (κ2) is 6.97. The number of hydrogen-bond acceptors (Lipinski definition) is 2. The average molecular weight is 266 g/mol. The molecule has 1 aliphatic heterocycles. The largest absolute Gasteiger partial charge is 0.389 e. The molecule has 1 aliphatic rings. The summed E-state index contributed by atoms with van der Waals surface area (Å²) in [6.07, 6.45) is -1.45. The molecule has 1 amide bonds. The Labute approximate surface area is 106 Å². The highest BCUT2D eigenvalue weighted by Crippen LogP contribution is 2.21. The first-order valence-corrected chi connectivity index (χ1v) is 6.42. The Bertz CT molecular complexity index is 269. The zero-order valence-corrected chi connectivity index (χ0v) is 10.7. The van der Waals surface area contributed by atoms with Crippen LogP contribution in [0.4, 0.5) is 13.2 Å². The van der Waals surface area contributed by atoms with Gasteiger partial charge in [-0.05, 0) is 32.9 Å². The summed E-state index contributed by atoms with van der Waals surface area (Å²) in [5, 5.41) is 2.56. The number of halogens is 3. The third kappa shape index (κ3) is 6.23. The summed E-state index contributed by atoms with van der Waals surface area (Å²) in [5.41, 5.74) is 0. The van der Waals surface area contributed by atoms with Gasteiger partial charge < -0.3 is 10.2 Å². The van der Waals surface area contributed by atoms with Crippen molar-refractivity contribution in [3.05, 3.63) is 0 Å². The molecule has 1 atom stereocenters. The number of likely N-dealkylation sites (tertiary alicyclic amines) is 1. The first kappa shape index (κ1) is 15.3. The molecule has 0 radical (unpaired) electrons. The number of carbonyl (C=O) groups is 1. The molecular formula is C12H21F3N2O. The number of nitrogens with one attached hydrogen (secondary N) is 1. The minimum Gasteiger partial charge on any atom is -0.356 e. The lowest BCUT2D eigenvalue weighted by atomic mass is 10.0. The second-order valence-corrected chi connectivity index (χ2v) is 4.88. The summed E-state index contributed by atoms with van der Waals surface area (Å²) in [5.74, 6) is -0.509. The van der Waals surface area contributed by atoms with Gasteiger partial charge >= 0.3 is 6.18 Å². The molecule has 0 aliphatic carbocycles. The summed E-state index contributed by atoms with van der Waals surface area (Å²) < 4.78 is 35.7. The lowest BCUT2D eigenvalue weighted by Gasteiger charge is -2.32. The van der Waals surface area contributed by atoms with Crippen molar-refractivity contribution in [2.45, 2.75) is 50.7 Å². The van der Waals surface area contributed by atoms with Crippen LogP contribution < -0.4 is 5.32 Å². The van der Waals surface area contributed by atoms with Crippen LogP contribution in [0, 0.1) is 0 Å². The standard InChI is InChI=1S/C12H21F3N2O/c1-17-9-3-2-4-10(17)6-8-16-11(18)5-7-12(13,14)15/h10H,2-9H2,1H3,(H,16,18)/t10-/m0/s1. The minimum absolute atomic E-state index is 0.446. The number of carbonyl (C=O) groups excluding carboxylic acids is 1. The first-order chi connectivity index (χ1) is 8.38. The molecule has 0 aromatic carbocycles. The van der Waals surface area contributed by atoms with Crippen LogP contribution in [0.5, 0.6) is 0 Å². The predicted molar refractivity (Wildman–Crippen MR) is 63.2 cm³/mol. The van der Waals surface area contributed by atoms with E-state index in [4.69, 9.17) is 0 Å². The topological polar surface area (TPSA) is 32.3 Å². The number of rotatable bonds is 5. The third-order valence-electron chi connectivity index (χ3n) is 3.36. The van der Waals surface area contributed by atoms with E-state index >= 15 is 0 Å². The molecule has 0 aromatic rings. The van der Waals surface area contributed by atoms with Gasteiger partial charge in [-0.3, -0.25) is 4.79 Å². The van der Waals surface area contributed by atoms with E-state index in [-0.39, 0.29) is 0 Å². The highest BCUT2D eigenvalue weighted by atomic mass is 19.4. The fraction of sp³-hybridized carbons (Fsp3) is 0.917. The lowest BCUT2D eigenvalue weighted by Crippen LogP contribution is -2.39. The average Bonchev–Trinajstić information content (AvgIpc) is 2.28. The number of alkyl halides is 3. The Morgan fingerprint density at radius 1 is 1.39 bits per heavy atom. The molecule has 0 saturated carbocycles. The monoisotopic (exact) mass is 266 g/mol. The van der Waals surface area contributed by atoms with Crippen molar-refractivity contribution in [2.24, 2.45) is 0 Å². The molecule has 1 saturated heterocycles. The lowest BCUT2D eigenvalue weighted by molar-refractivity contribution is -0.144. The number of nitrogens with zero attached hydrogens (tertiary/aromatic N) is 1. The molecule has 0 bridgehead atoms. The van der Waals surface area contributed by atoms with Gasteiger partial charge in [0.05, 0.1) is 6.42 Å². The van der Waals surface area contributed by atoms with Gasteiger partial charge in [-0.2, -0.15) is 13.2 Å². The Balaban J connectivity index is 2.11. The van der Waals surface area contributed by atoms with E-state index in [1.165, 1.54) is 12.8 Å². The molecule has 18 heavy (non-hydrogen) atoms. The summed E-state index contributed by atoms with van der Waals surface area (Å²) in [6, 6.07) is 0.446. The predicted octanol–water partition coefficient (Wildman–Crippen LogP) is 2.32. The summed E-state index contributed by atoms with van der Waals surface area (Å²) in [6.45, 7) is 1.53. The molecule has 0 aromatic heterocycles. The van der Waals surface area contributed by atoms with Crippen LogP contribution >= 0.6 is 0 Å². The zero-order chi connectivity index (χ0) is 13.6. The van der Waals surface area contributed by atoms with Gasteiger partial charge in [-0.15, -0.1) is 0 Å². The van der Waals surface area contributed by atoms with Crippen molar-refractivity contribution < 1.29 is 18.0 Å². The van der Waals surface area contributed by atoms with Crippen molar-refractivity contribution >= 4 is 5.91 Å². The van der Waals surface area contributed by atoms with Crippen molar-refractivity contribution in [3.8, 4) is 0 Å². The van der Waals surface area contributed by atoms with Gasteiger partial charge in [-0.25, -0.2) is 0 Å². The fourth-order valence-corrected chi connectivity index (χ4v) is 2.23. The maximum absolute atomic E-state index is 11.9. The third-order valence-corrected chi connectivity index (χ3v) is 3.36. The van der Waals surface area contributed by atoms with Crippen molar-refractivity contribution in [1.29, 1.82) is 0 Å². The van der Waals surface area contributed by atoms with E-state index in [0.29, 0.717) is 12.6 Å². The molecule has 1 N–H and O–H groups in total. The molecule has 1 heterocycles. The van der Waals surface area contributed by atoms with E-state index < -0.39 is 24.9 Å². The van der Waals surface area contributed by atoms with Crippen molar-refractivity contribution in [2.75, 3.05) is 20.1 Å². The van der Waals surface area contributed by atoms with Gasteiger partial charge in [0.25, 0.3) is 0 Å². The maximum atomic E-state index is 11.9. The van der Waals surface area contributed by atoms with E-state index in [9.17, 15) is 18.0 Å². The van der Waals surface area contributed by atoms with Crippen LogP contribution in [0.2, 0.25) is 0 Å². The molecule has 0 unspecified atom stereocenters. The van der Waals surface area contributed by atoms with Gasteiger partial charge in [0.2, 0.25) is 5.91 Å². The van der Waals surface area contributed by atoms with Crippen LogP contribution in [-0.2, 0) is 4.79 Å². The van der Waals surface area contributed by atoms with Gasteiger partial charge in [0.15, 0.2) is 0 Å². The SMILES string of the molecule is CN1CCCC[C@H]1CCNC(=O)CCC(F)(F)F. The molecule has 1 rings (SSSR count). The zero-order valence-electron chi connectivity index (χ0n) is 10.7. The van der Waals surface area contributed by atoms with Crippen LogP contribution in [0.15, 0.2) is 0 Å². The normalized spacial score (nSPS) is 21.9. The molecule has 106 valence electrons. The van der Waals surface area contributed by atoms with Crippen LogP contribution in [-0.4, -0.2) is 43.2 Å². The van der Waals surface area contributed by atoms with Crippen LogP contribution in [0.1, 0.15) is 38.5 Å². The Morgan fingerprint density at radius 2 is 2.11 bits per heavy atom. The molecule has 6 heteroatoms. The first-order valence-electron chi connectivity index (χ1n) is 6.42. The highest BCUT2D eigenvalue weighted by molar-refractivity contribution is 5.75. The van der Waals surface area contributed by atoms with E-state index in [2.05, 4.69) is 17.3 Å². The summed E-state index contributed by atoms with van der Waals surface area (Å²) in [4.78, 5) is 13.4. The molecule has 1 fully saturated rings. The summed E-state index contributed by atoms with van der Waals surface area (Å²) in [7, 11) is 2.05. The molecular weight excluding hydrogens is 245 g/mol. The van der Waals surface area contributed by atoms with Crippen molar-refractivity contribution in [1.82, 2.24) is 10.2 Å².